The Hall–Kier alpha value is -0.780. The highest BCUT2D eigenvalue weighted by Crippen LogP contribution is 2.14. The first-order valence-electron chi connectivity index (χ1n) is 6.54. The number of likely N-dealkylation sites (N-methyl/N-ethyl adjacent to an activating group) is 2. The molecule has 2 heterocycles. The molecule has 19 heavy (non-hydrogen) atoms. The van der Waals surface area contributed by atoms with Crippen LogP contribution < -0.4 is 0 Å². The van der Waals surface area contributed by atoms with Crippen molar-refractivity contribution in [1.29, 1.82) is 0 Å². The van der Waals surface area contributed by atoms with Gasteiger partial charge in [-0.2, -0.15) is 0 Å². The number of piperazine rings is 1. The van der Waals surface area contributed by atoms with Gasteiger partial charge in [0.1, 0.15) is 5.78 Å². The van der Waals surface area contributed by atoms with Crippen LogP contribution in [0.1, 0.15) is 12.0 Å². The lowest BCUT2D eigenvalue weighted by Crippen LogP contribution is -2.50. The highest BCUT2D eigenvalue weighted by molar-refractivity contribution is 9.10. The fourth-order valence-corrected chi connectivity index (χ4v) is 2.85. The summed E-state index contributed by atoms with van der Waals surface area (Å²) in [5.74, 6) is 0.284. The molecule has 2 rings (SSSR count). The first-order valence-corrected chi connectivity index (χ1v) is 7.34. The number of carbonyl (C=O) groups excluding carboxylic acids is 1. The molecule has 0 saturated carbocycles. The standard InChI is InChI=1S/C14H20BrN3O/c1-17-3-4-18(2)13(10-17)7-14(19)6-11-5-12(15)9-16-8-11/h5,8-9,13H,3-4,6-7,10H2,1-2H3. The van der Waals surface area contributed by atoms with E-state index in [-0.39, 0.29) is 5.78 Å². The molecule has 0 aliphatic carbocycles. The van der Waals surface area contributed by atoms with Crippen LogP contribution >= 0.6 is 15.9 Å². The minimum Gasteiger partial charge on any atom is -0.304 e. The highest BCUT2D eigenvalue weighted by Gasteiger charge is 2.24. The molecule has 0 N–H and O–H groups in total. The van der Waals surface area contributed by atoms with Gasteiger partial charge in [0, 0.05) is 55.4 Å². The zero-order valence-electron chi connectivity index (χ0n) is 11.5. The third kappa shape index (κ3) is 4.37. The van der Waals surface area contributed by atoms with Crippen LogP contribution in [0.5, 0.6) is 0 Å². The number of hydrogen-bond donors (Lipinski definition) is 0. The lowest BCUT2D eigenvalue weighted by atomic mass is 10.0. The second-order valence-electron chi connectivity index (χ2n) is 5.33. The minimum atomic E-state index is 0.284. The Morgan fingerprint density at radius 3 is 2.95 bits per heavy atom. The van der Waals surface area contributed by atoms with E-state index in [1.807, 2.05) is 6.07 Å². The van der Waals surface area contributed by atoms with Crippen LogP contribution in [0.15, 0.2) is 22.9 Å². The summed E-state index contributed by atoms with van der Waals surface area (Å²) < 4.78 is 0.923. The van der Waals surface area contributed by atoms with E-state index >= 15 is 0 Å². The summed E-state index contributed by atoms with van der Waals surface area (Å²) in [7, 11) is 4.22. The normalized spacial score (nSPS) is 21.5. The fourth-order valence-electron chi connectivity index (χ4n) is 2.44. The maximum Gasteiger partial charge on any atom is 0.138 e. The Morgan fingerprint density at radius 2 is 2.21 bits per heavy atom. The van der Waals surface area contributed by atoms with Gasteiger partial charge in [-0.25, -0.2) is 0 Å². The molecule has 0 radical (unpaired) electrons. The van der Waals surface area contributed by atoms with Crippen molar-refractivity contribution in [2.75, 3.05) is 33.7 Å². The molecule has 1 aliphatic heterocycles. The van der Waals surface area contributed by atoms with Gasteiger partial charge in [-0.3, -0.25) is 9.78 Å². The summed E-state index contributed by atoms with van der Waals surface area (Å²) in [5.41, 5.74) is 0.978. The number of halogens is 1. The van der Waals surface area contributed by atoms with Gasteiger partial charge < -0.3 is 9.80 Å². The fraction of sp³-hybridized carbons (Fsp3) is 0.571. The van der Waals surface area contributed by atoms with Crippen molar-refractivity contribution in [3.63, 3.8) is 0 Å². The van der Waals surface area contributed by atoms with Crippen molar-refractivity contribution in [1.82, 2.24) is 14.8 Å². The molecule has 1 fully saturated rings. The summed E-state index contributed by atoms with van der Waals surface area (Å²) in [6.45, 7) is 3.09. The number of aromatic nitrogens is 1. The Labute approximate surface area is 122 Å². The van der Waals surface area contributed by atoms with Crippen molar-refractivity contribution in [2.45, 2.75) is 18.9 Å². The highest BCUT2D eigenvalue weighted by atomic mass is 79.9. The van der Waals surface area contributed by atoms with Gasteiger partial charge in [0.25, 0.3) is 0 Å². The molecular formula is C14H20BrN3O. The van der Waals surface area contributed by atoms with Gasteiger partial charge in [0.2, 0.25) is 0 Å². The van der Waals surface area contributed by atoms with Gasteiger partial charge in [-0.1, -0.05) is 0 Å². The average molecular weight is 326 g/mol. The first-order chi connectivity index (χ1) is 9.04. The summed E-state index contributed by atoms with van der Waals surface area (Å²) >= 11 is 3.38. The lowest BCUT2D eigenvalue weighted by Gasteiger charge is -2.37. The Morgan fingerprint density at radius 1 is 1.42 bits per heavy atom. The van der Waals surface area contributed by atoms with Crippen LogP contribution in [0.3, 0.4) is 0 Å². The lowest BCUT2D eigenvalue weighted by molar-refractivity contribution is -0.120. The molecule has 1 atom stereocenters. The Bertz CT molecular complexity index is 452. The van der Waals surface area contributed by atoms with Gasteiger partial charge in [-0.05, 0) is 41.7 Å². The van der Waals surface area contributed by atoms with Crippen molar-refractivity contribution < 1.29 is 4.79 Å². The number of hydrogen-bond acceptors (Lipinski definition) is 4. The molecule has 1 unspecified atom stereocenters. The number of nitrogens with zero attached hydrogens (tertiary/aromatic N) is 3. The minimum absolute atomic E-state index is 0.284. The number of ketones is 1. The zero-order chi connectivity index (χ0) is 13.8. The number of carbonyl (C=O) groups is 1. The Kier molecular flexibility index (Phi) is 5.07. The van der Waals surface area contributed by atoms with Crippen molar-refractivity contribution in [2.24, 2.45) is 0 Å². The van der Waals surface area contributed by atoms with Gasteiger partial charge in [0.05, 0.1) is 0 Å². The monoisotopic (exact) mass is 325 g/mol. The molecule has 0 aromatic carbocycles. The summed E-state index contributed by atoms with van der Waals surface area (Å²) in [6, 6.07) is 2.30. The maximum atomic E-state index is 12.2. The molecular weight excluding hydrogens is 306 g/mol. The van der Waals surface area contributed by atoms with E-state index in [0.717, 1.165) is 29.7 Å². The van der Waals surface area contributed by atoms with Crippen molar-refractivity contribution in [3.05, 3.63) is 28.5 Å². The zero-order valence-corrected chi connectivity index (χ0v) is 13.1. The van der Waals surface area contributed by atoms with Crippen molar-refractivity contribution >= 4 is 21.7 Å². The van der Waals surface area contributed by atoms with Gasteiger partial charge in [-0.15, -0.1) is 0 Å². The largest absolute Gasteiger partial charge is 0.304 e. The van der Waals surface area contributed by atoms with Crippen LogP contribution in [-0.4, -0.2) is 60.3 Å². The van der Waals surface area contributed by atoms with Crippen LogP contribution in [0.25, 0.3) is 0 Å². The molecule has 0 spiro atoms. The van der Waals surface area contributed by atoms with Gasteiger partial charge >= 0.3 is 0 Å². The molecule has 1 aliphatic rings. The van der Waals surface area contributed by atoms with E-state index < -0.39 is 0 Å². The summed E-state index contributed by atoms with van der Waals surface area (Å²) in [4.78, 5) is 20.8. The molecule has 0 bridgehead atoms. The average Bonchev–Trinajstić information content (AvgIpc) is 2.34. The second kappa shape index (κ2) is 6.59. The second-order valence-corrected chi connectivity index (χ2v) is 6.24. The molecule has 1 saturated heterocycles. The van der Waals surface area contributed by atoms with E-state index in [1.165, 1.54) is 0 Å². The first kappa shape index (κ1) is 14.6. The molecule has 5 heteroatoms. The molecule has 0 amide bonds. The third-order valence-corrected chi connectivity index (χ3v) is 4.04. The van der Waals surface area contributed by atoms with E-state index in [2.05, 4.69) is 44.8 Å². The van der Waals surface area contributed by atoms with Crippen molar-refractivity contribution in [3.8, 4) is 0 Å². The smallest absolute Gasteiger partial charge is 0.138 e. The van der Waals surface area contributed by atoms with Crippen LogP contribution in [0.2, 0.25) is 0 Å². The van der Waals surface area contributed by atoms with E-state index in [0.29, 0.717) is 18.9 Å². The van der Waals surface area contributed by atoms with Gasteiger partial charge in [0.15, 0.2) is 0 Å². The van der Waals surface area contributed by atoms with Crippen LogP contribution in [0, 0.1) is 0 Å². The molecule has 104 valence electrons. The number of Topliss-reactive ketones (excluding diaryl/α,β-unsaturated/α-hetero) is 1. The maximum absolute atomic E-state index is 12.2. The number of rotatable bonds is 4. The predicted octanol–water partition coefficient (Wildman–Crippen LogP) is 1.59. The topological polar surface area (TPSA) is 36.4 Å². The Balaban J connectivity index is 1.90. The summed E-state index contributed by atoms with van der Waals surface area (Å²) in [5, 5.41) is 0. The molecule has 1 aromatic rings. The number of pyridine rings is 1. The predicted molar refractivity (Wildman–Crippen MR) is 79.2 cm³/mol. The van der Waals surface area contributed by atoms with E-state index in [4.69, 9.17) is 0 Å². The molecule has 4 nitrogen and oxygen atoms in total. The van der Waals surface area contributed by atoms with Crippen LogP contribution in [-0.2, 0) is 11.2 Å². The van der Waals surface area contributed by atoms with Crippen LogP contribution in [0.4, 0.5) is 0 Å². The summed E-state index contributed by atoms with van der Waals surface area (Å²) in [6.07, 6.45) is 4.59. The van der Waals surface area contributed by atoms with E-state index in [1.54, 1.807) is 12.4 Å². The van der Waals surface area contributed by atoms with E-state index in [9.17, 15) is 4.79 Å². The molecule has 1 aromatic heterocycles. The third-order valence-electron chi connectivity index (χ3n) is 3.61. The quantitative estimate of drug-likeness (QED) is 0.842. The SMILES string of the molecule is CN1CCN(C)C(CC(=O)Cc2cncc(Br)c2)C1.